The number of ether oxygens (including phenoxy) is 1. The quantitative estimate of drug-likeness (QED) is 0.713. The molecule has 5 heteroatoms. The average molecular weight is 403 g/mol. The molecule has 0 heterocycles. The summed E-state index contributed by atoms with van der Waals surface area (Å²) in [6, 6.07) is 7.96. The monoisotopic (exact) mass is 402 g/mol. The molecule has 28 heavy (non-hydrogen) atoms. The van der Waals surface area contributed by atoms with Gasteiger partial charge >= 0.3 is 0 Å². The second kappa shape index (κ2) is 7.89. The fourth-order valence-corrected chi connectivity index (χ4v) is 7.09. The maximum absolute atomic E-state index is 13.0. The molecule has 1 aromatic carbocycles. The number of rotatable bonds is 5. The molecule has 0 aromatic heterocycles. The molecular weight excluding hydrogens is 368 g/mol. The molecule has 3 rings (SSSR count). The molecular formula is C23H34N2O2S. The maximum atomic E-state index is 13.0. The van der Waals surface area contributed by atoms with Gasteiger partial charge in [0.1, 0.15) is 17.1 Å². The zero-order valence-corrected chi connectivity index (χ0v) is 18.9. The lowest BCUT2D eigenvalue weighted by molar-refractivity contribution is -0.161. The molecule has 2 saturated carbocycles. The highest BCUT2D eigenvalue weighted by Crippen LogP contribution is 2.56. The summed E-state index contributed by atoms with van der Waals surface area (Å²) in [5.74, 6) is 1.56. The summed E-state index contributed by atoms with van der Waals surface area (Å²) in [6.45, 7) is 13.0. The van der Waals surface area contributed by atoms with E-state index >= 15 is 0 Å². The first kappa shape index (κ1) is 21.5. The SMILES string of the molecule is Cc1cc(O[C@H]2C(C)(C)[C@H](N[S+]([O-])[C@H]3CC[C@H](C)CC3)C2(C)C)ccc1C#N. The van der Waals surface area contributed by atoms with Gasteiger partial charge in [-0.2, -0.15) is 5.26 Å². The Labute approximate surface area is 173 Å². The van der Waals surface area contributed by atoms with Crippen LogP contribution < -0.4 is 9.46 Å². The van der Waals surface area contributed by atoms with Gasteiger partial charge in [0.25, 0.3) is 0 Å². The van der Waals surface area contributed by atoms with Gasteiger partial charge in [0.15, 0.2) is 0 Å². The molecule has 0 amide bonds. The van der Waals surface area contributed by atoms with E-state index in [0.717, 1.165) is 30.1 Å². The van der Waals surface area contributed by atoms with Gasteiger partial charge < -0.3 is 9.29 Å². The third-order valence-electron chi connectivity index (χ3n) is 6.91. The van der Waals surface area contributed by atoms with Gasteiger partial charge in [0.05, 0.1) is 17.7 Å². The average Bonchev–Trinajstić information content (AvgIpc) is 2.64. The molecule has 2 fully saturated rings. The molecule has 2 aliphatic carbocycles. The molecule has 1 aromatic rings. The predicted molar refractivity (Wildman–Crippen MR) is 114 cm³/mol. The van der Waals surface area contributed by atoms with Crippen molar-refractivity contribution < 1.29 is 9.29 Å². The normalized spacial score (nSPS) is 32.1. The molecule has 2 aliphatic rings. The second-order valence-electron chi connectivity index (χ2n) is 9.96. The molecule has 1 unspecified atom stereocenters. The Kier molecular flexibility index (Phi) is 6.06. The number of nitriles is 1. The van der Waals surface area contributed by atoms with Crippen LogP contribution in [0.1, 0.15) is 71.4 Å². The first-order chi connectivity index (χ1) is 13.1. The van der Waals surface area contributed by atoms with Crippen molar-refractivity contribution in [1.29, 1.82) is 5.26 Å². The van der Waals surface area contributed by atoms with Crippen LogP contribution in [0.15, 0.2) is 18.2 Å². The molecule has 154 valence electrons. The molecule has 0 aliphatic heterocycles. The van der Waals surface area contributed by atoms with Crippen molar-refractivity contribution in [2.75, 3.05) is 0 Å². The Morgan fingerprint density at radius 2 is 1.75 bits per heavy atom. The summed E-state index contributed by atoms with van der Waals surface area (Å²) in [4.78, 5) is 0. The molecule has 0 bridgehead atoms. The minimum absolute atomic E-state index is 0.00761. The summed E-state index contributed by atoms with van der Waals surface area (Å²) in [7, 11) is 0. The van der Waals surface area contributed by atoms with Crippen molar-refractivity contribution in [3.63, 3.8) is 0 Å². The minimum Gasteiger partial charge on any atom is -0.598 e. The number of nitrogens with one attached hydrogen (secondary N) is 1. The van der Waals surface area contributed by atoms with E-state index in [1.165, 1.54) is 12.8 Å². The Bertz CT molecular complexity index is 731. The largest absolute Gasteiger partial charge is 0.598 e. The van der Waals surface area contributed by atoms with Crippen molar-refractivity contribution in [3.05, 3.63) is 29.3 Å². The number of aryl methyl sites for hydroxylation is 1. The fraction of sp³-hybridized carbons (Fsp3) is 0.696. The van der Waals surface area contributed by atoms with E-state index in [1.807, 2.05) is 25.1 Å². The third-order valence-corrected chi connectivity index (χ3v) is 8.46. The smallest absolute Gasteiger partial charge is 0.135 e. The Hall–Kier alpha value is -1.22. The van der Waals surface area contributed by atoms with E-state index in [2.05, 4.69) is 45.4 Å². The fourth-order valence-electron chi connectivity index (χ4n) is 5.36. The van der Waals surface area contributed by atoms with Crippen molar-refractivity contribution in [2.24, 2.45) is 16.7 Å². The van der Waals surface area contributed by atoms with Crippen LogP contribution in [0.3, 0.4) is 0 Å². The highest BCUT2D eigenvalue weighted by molar-refractivity contribution is 7.90. The standard InChI is InChI=1S/C23H34N2O2S/c1-15-7-11-19(12-8-15)28(26)25-20-22(3,4)21(23(20,5)6)27-18-10-9-17(14-24)16(2)13-18/h9-10,13,15,19-21,25H,7-8,11-12H2,1-6H3/t15-,19-,20-,21-,28?. The summed E-state index contributed by atoms with van der Waals surface area (Å²) >= 11 is -1.00. The van der Waals surface area contributed by atoms with E-state index in [1.54, 1.807) is 0 Å². The molecule has 4 nitrogen and oxygen atoms in total. The Morgan fingerprint density at radius 1 is 1.14 bits per heavy atom. The Balaban J connectivity index is 1.68. The van der Waals surface area contributed by atoms with Crippen molar-refractivity contribution >= 4 is 11.4 Å². The highest BCUT2D eigenvalue weighted by Gasteiger charge is 2.65. The van der Waals surface area contributed by atoms with E-state index < -0.39 is 11.4 Å². The van der Waals surface area contributed by atoms with Crippen LogP contribution in [0.25, 0.3) is 0 Å². The summed E-state index contributed by atoms with van der Waals surface area (Å²) in [6.07, 6.45) is 4.48. The third kappa shape index (κ3) is 3.92. The number of benzene rings is 1. The topological polar surface area (TPSA) is 68.1 Å². The first-order valence-electron chi connectivity index (χ1n) is 10.4. The van der Waals surface area contributed by atoms with Gasteiger partial charge in [-0.05, 0) is 62.3 Å². The van der Waals surface area contributed by atoms with Gasteiger partial charge in [-0.15, -0.1) is 4.72 Å². The van der Waals surface area contributed by atoms with E-state index in [4.69, 9.17) is 10.00 Å². The van der Waals surface area contributed by atoms with E-state index in [0.29, 0.717) is 5.56 Å². The van der Waals surface area contributed by atoms with Crippen molar-refractivity contribution in [1.82, 2.24) is 4.72 Å². The predicted octanol–water partition coefficient (Wildman–Crippen LogP) is 4.88. The molecule has 0 saturated heterocycles. The van der Waals surface area contributed by atoms with Crippen LogP contribution >= 0.6 is 0 Å². The number of hydrogen-bond acceptors (Lipinski definition) is 4. The van der Waals surface area contributed by atoms with Gasteiger partial charge in [-0.1, -0.05) is 34.6 Å². The number of hydrogen-bond donors (Lipinski definition) is 1. The molecule has 0 spiro atoms. The minimum atomic E-state index is -1.00. The van der Waals surface area contributed by atoms with Crippen LogP contribution in [0.4, 0.5) is 0 Å². The first-order valence-corrected chi connectivity index (χ1v) is 11.6. The highest BCUT2D eigenvalue weighted by atomic mass is 32.2. The van der Waals surface area contributed by atoms with Gasteiger partial charge in [0.2, 0.25) is 0 Å². The maximum Gasteiger partial charge on any atom is 0.135 e. The lowest BCUT2D eigenvalue weighted by Crippen LogP contribution is -2.75. The van der Waals surface area contributed by atoms with Crippen LogP contribution in [0, 0.1) is 35.0 Å². The summed E-state index contributed by atoms with van der Waals surface area (Å²) in [5.41, 5.74) is 1.33. The molecule has 0 radical (unpaired) electrons. The van der Waals surface area contributed by atoms with Gasteiger partial charge in [0, 0.05) is 22.2 Å². The van der Waals surface area contributed by atoms with Crippen LogP contribution in [-0.4, -0.2) is 21.9 Å². The summed E-state index contributed by atoms with van der Waals surface area (Å²) in [5, 5.41) is 9.39. The van der Waals surface area contributed by atoms with Crippen LogP contribution in [0.2, 0.25) is 0 Å². The molecule has 1 N–H and O–H groups in total. The van der Waals surface area contributed by atoms with Crippen LogP contribution in [0.5, 0.6) is 5.75 Å². The summed E-state index contributed by atoms with van der Waals surface area (Å²) < 4.78 is 22.9. The lowest BCUT2D eigenvalue weighted by atomic mass is 9.50. The van der Waals surface area contributed by atoms with E-state index in [9.17, 15) is 4.55 Å². The van der Waals surface area contributed by atoms with Gasteiger partial charge in [-0.3, -0.25) is 0 Å². The van der Waals surface area contributed by atoms with Crippen molar-refractivity contribution in [2.45, 2.75) is 84.6 Å². The zero-order chi connectivity index (χ0) is 20.7. The Morgan fingerprint density at radius 3 is 2.29 bits per heavy atom. The molecule has 1 atom stereocenters. The second-order valence-corrected chi connectivity index (χ2v) is 11.5. The van der Waals surface area contributed by atoms with Crippen LogP contribution in [-0.2, 0) is 11.4 Å². The zero-order valence-electron chi connectivity index (χ0n) is 18.0. The lowest BCUT2D eigenvalue weighted by Gasteiger charge is -2.62. The van der Waals surface area contributed by atoms with Crippen molar-refractivity contribution in [3.8, 4) is 11.8 Å². The number of nitrogens with zero attached hydrogens (tertiary/aromatic N) is 1. The van der Waals surface area contributed by atoms with Gasteiger partial charge in [-0.25, -0.2) is 0 Å². The van der Waals surface area contributed by atoms with E-state index in [-0.39, 0.29) is 28.2 Å².